The standard InChI is InChI=1S/C12H12N6/c13-4-3-11-16-12(18-17-11)8-1-2-9-10(7-8)15-6-5-14-9/h1-2,5-7H,3-4,13H2,(H,16,17,18). The zero-order valence-electron chi connectivity index (χ0n) is 9.67. The molecule has 0 aliphatic carbocycles. The maximum Gasteiger partial charge on any atom is 0.181 e. The van der Waals surface area contributed by atoms with Crippen molar-refractivity contribution in [2.24, 2.45) is 5.73 Å². The highest BCUT2D eigenvalue weighted by atomic mass is 15.2. The van der Waals surface area contributed by atoms with E-state index >= 15 is 0 Å². The quantitative estimate of drug-likeness (QED) is 0.710. The molecule has 0 fully saturated rings. The summed E-state index contributed by atoms with van der Waals surface area (Å²) in [6.07, 6.45) is 4.04. The molecule has 0 radical (unpaired) electrons. The second-order valence-corrected chi connectivity index (χ2v) is 3.90. The summed E-state index contributed by atoms with van der Waals surface area (Å²) < 4.78 is 0. The molecule has 6 nitrogen and oxygen atoms in total. The maximum atomic E-state index is 5.48. The molecule has 0 saturated carbocycles. The molecule has 18 heavy (non-hydrogen) atoms. The molecular formula is C12H12N6. The van der Waals surface area contributed by atoms with Gasteiger partial charge in [-0.15, -0.1) is 0 Å². The van der Waals surface area contributed by atoms with Crippen molar-refractivity contribution in [1.82, 2.24) is 25.1 Å². The zero-order chi connectivity index (χ0) is 12.4. The second-order valence-electron chi connectivity index (χ2n) is 3.90. The molecule has 3 aromatic rings. The van der Waals surface area contributed by atoms with Gasteiger partial charge in [-0.1, -0.05) is 0 Å². The molecule has 0 amide bonds. The van der Waals surface area contributed by atoms with Gasteiger partial charge in [-0.05, 0) is 24.7 Å². The highest BCUT2D eigenvalue weighted by molar-refractivity contribution is 5.79. The van der Waals surface area contributed by atoms with Gasteiger partial charge in [0, 0.05) is 24.4 Å². The summed E-state index contributed by atoms with van der Waals surface area (Å²) in [5.41, 5.74) is 8.09. The van der Waals surface area contributed by atoms with Crippen LogP contribution >= 0.6 is 0 Å². The number of fused-ring (bicyclic) bond motifs is 1. The van der Waals surface area contributed by atoms with Crippen LogP contribution in [0.2, 0.25) is 0 Å². The summed E-state index contributed by atoms with van der Waals surface area (Å²) in [5, 5.41) is 7.05. The molecule has 2 heterocycles. The predicted molar refractivity (Wildman–Crippen MR) is 67.7 cm³/mol. The highest BCUT2D eigenvalue weighted by Crippen LogP contribution is 2.19. The van der Waals surface area contributed by atoms with Crippen LogP contribution < -0.4 is 5.73 Å². The third-order valence-corrected chi connectivity index (χ3v) is 2.64. The van der Waals surface area contributed by atoms with E-state index in [-0.39, 0.29) is 0 Å². The summed E-state index contributed by atoms with van der Waals surface area (Å²) in [5.74, 6) is 1.46. The Morgan fingerprint density at radius 1 is 1.11 bits per heavy atom. The van der Waals surface area contributed by atoms with E-state index < -0.39 is 0 Å². The normalized spacial score (nSPS) is 10.9. The minimum atomic E-state index is 0.553. The van der Waals surface area contributed by atoms with Crippen molar-refractivity contribution in [3.63, 3.8) is 0 Å². The summed E-state index contributed by atoms with van der Waals surface area (Å²) in [7, 11) is 0. The SMILES string of the molecule is NCCc1nc(-c2ccc3nccnc3c2)n[nH]1. The van der Waals surface area contributed by atoms with E-state index in [0.29, 0.717) is 18.8 Å². The Morgan fingerprint density at radius 3 is 2.78 bits per heavy atom. The number of aromatic amines is 1. The van der Waals surface area contributed by atoms with Crippen LogP contribution in [0.4, 0.5) is 0 Å². The topological polar surface area (TPSA) is 93.4 Å². The van der Waals surface area contributed by atoms with Crippen LogP contribution in [0, 0.1) is 0 Å². The van der Waals surface area contributed by atoms with Crippen molar-refractivity contribution in [3.05, 3.63) is 36.4 Å². The lowest BCUT2D eigenvalue weighted by atomic mass is 10.2. The highest BCUT2D eigenvalue weighted by Gasteiger charge is 2.06. The first-order valence-corrected chi connectivity index (χ1v) is 5.69. The minimum absolute atomic E-state index is 0.553. The van der Waals surface area contributed by atoms with Gasteiger partial charge in [0.05, 0.1) is 11.0 Å². The van der Waals surface area contributed by atoms with Crippen LogP contribution in [0.3, 0.4) is 0 Å². The lowest BCUT2D eigenvalue weighted by Crippen LogP contribution is -2.03. The van der Waals surface area contributed by atoms with Crippen LogP contribution in [-0.4, -0.2) is 31.7 Å². The average Bonchev–Trinajstić information content (AvgIpc) is 2.87. The molecular weight excluding hydrogens is 228 g/mol. The molecule has 0 aliphatic heterocycles. The Kier molecular flexibility index (Phi) is 2.70. The molecule has 0 unspecified atom stereocenters. The monoisotopic (exact) mass is 240 g/mol. The molecule has 0 spiro atoms. The van der Waals surface area contributed by atoms with E-state index in [0.717, 1.165) is 22.4 Å². The van der Waals surface area contributed by atoms with E-state index in [1.807, 2.05) is 18.2 Å². The molecule has 90 valence electrons. The van der Waals surface area contributed by atoms with E-state index in [1.165, 1.54) is 0 Å². The summed E-state index contributed by atoms with van der Waals surface area (Å²) >= 11 is 0. The van der Waals surface area contributed by atoms with E-state index in [9.17, 15) is 0 Å². The number of aromatic nitrogens is 5. The third kappa shape index (κ3) is 1.93. The third-order valence-electron chi connectivity index (χ3n) is 2.64. The molecule has 3 N–H and O–H groups in total. The van der Waals surface area contributed by atoms with Gasteiger partial charge < -0.3 is 5.73 Å². The number of benzene rings is 1. The summed E-state index contributed by atoms with van der Waals surface area (Å²) in [4.78, 5) is 12.9. The van der Waals surface area contributed by atoms with Crippen molar-refractivity contribution >= 4 is 11.0 Å². The number of hydrogen-bond donors (Lipinski definition) is 2. The van der Waals surface area contributed by atoms with Gasteiger partial charge in [0.1, 0.15) is 5.82 Å². The van der Waals surface area contributed by atoms with Crippen molar-refractivity contribution in [2.45, 2.75) is 6.42 Å². The van der Waals surface area contributed by atoms with Gasteiger partial charge in [0.2, 0.25) is 0 Å². The van der Waals surface area contributed by atoms with E-state index in [2.05, 4.69) is 25.1 Å². The molecule has 6 heteroatoms. The first-order valence-electron chi connectivity index (χ1n) is 5.69. The van der Waals surface area contributed by atoms with Gasteiger partial charge in [-0.2, -0.15) is 5.10 Å². The van der Waals surface area contributed by atoms with Crippen LogP contribution in [0.15, 0.2) is 30.6 Å². The molecule has 0 aliphatic rings. The number of nitrogens with two attached hydrogens (primary N) is 1. The lowest BCUT2D eigenvalue weighted by Gasteiger charge is -1.98. The Hall–Kier alpha value is -2.34. The van der Waals surface area contributed by atoms with Crippen molar-refractivity contribution < 1.29 is 0 Å². The molecule has 0 atom stereocenters. The van der Waals surface area contributed by atoms with E-state index in [1.54, 1.807) is 12.4 Å². The van der Waals surface area contributed by atoms with Gasteiger partial charge >= 0.3 is 0 Å². The number of nitrogens with one attached hydrogen (secondary N) is 1. The van der Waals surface area contributed by atoms with E-state index in [4.69, 9.17) is 5.73 Å². The number of H-pyrrole nitrogens is 1. The van der Waals surface area contributed by atoms with Crippen LogP contribution in [0.5, 0.6) is 0 Å². The molecule has 0 bridgehead atoms. The summed E-state index contributed by atoms with van der Waals surface area (Å²) in [6, 6.07) is 5.78. The zero-order valence-corrected chi connectivity index (χ0v) is 9.67. The number of hydrogen-bond acceptors (Lipinski definition) is 5. The van der Waals surface area contributed by atoms with Crippen LogP contribution in [0.1, 0.15) is 5.82 Å². The van der Waals surface area contributed by atoms with Gasteiger partial charge in [0.15, 0.2) is 5.82 Å². The first kappa shape index (κ1) is 10.8. The minimum Gasteiger partial charge on any atom is -0.330 e. The lowest BCUT2D eigenvalue weighted by molar-refractivity contribution is 0.874. The smallest absolute Gasteiger partial charge is 0.181 e. The Labute approximate surface area is 103 Å². The fourth-order valence-electron chi connectivity index (χ4n) is 1.78. The molecule has 1 aromatic carbocycles. The summed E-state index contributed by atoms with van der Waals surface area (Å²) in [6.45, 7) is 0.553. The van der Waals surface area contributed by atoms with Crippen molar-refractivity contribution in [2.75, 3.05) is 6.54 Å². The van der Waals surface area contributed by atoms with Crippen molar-refractivity contribution in [1.29, 1.82) is 0 Å². The van der Waals surface area contributed by atoms with Gasteiger partial charge in [-0.25, -0.2) is 4.98 Å². The number of rotatable bonds is 3. The van der Waals surface area contributed by atoms with Crippen LogP contribution in [-0.2, 0) is 6.42 Å². The van der Waals surface area contributed by atoms with Crippen LogP contribution in [0.25, 0.3) is 22.4 Å². The predicted octanol–water partition coefficient (Wildman–Crippen LogP) is 0.916. The Balaban J connectivity index is 2.02. The Morgan fingerprint density at radius 2 is 1.94 bits per heavy atom. The Bertz CT molecular complexity index is 675. The fraction of sp³-hybridized carbons (Fsp3) is 0.167. The second kappa shape index (κ2) is 4.50. The maximum absolute atomic E-state index is 5.48. The molecule has 0 saturated heterocycles. The molecule has 2 aromatic heterocycles. The average molecular weight is 240 g/mol. The largest absolute Gasteiger partial charge is 0.330 e. The molecule has 3 rings (SSSR count). The van der Waals surface area contributed by atoms with Gasteiger partial charge in [-0.3, -0.25) is 15.1 Å². The van der Waals surface area contributed by atoms with Gasteiger partial charge in [0.25, 0.3) is 0 Å². The first-order chi connectivity index (χ1) is 8.86. The number of nitrogens with zero attached hydrogens (tertiary/aromatic N) is 4. The fourth-order valence-corrected chi connectivity index (χ4v) is 1.78. The van der Waals surface area contributed by atoms with Crippen molar-refractivity contribution in [3.8, 4) is 11.4 Å².